The van der Waals surface area contributed by atoms with Crippen LogP contribution in [0.5, 0.6) is 0 Å². The van der Waals surface area contributed by atoms with Crippen molar-refractivity contribution in [1.82, 2.24) is 20.3 Å². The van der Waals surface area contributed by atoms with E-state index in [4.69, 9.17) is 0 Å². The van der Waals surface area contributed by atoms with Crippen LogP contribution in [0.15, 0.2) is 24.3 Å². The fraction of sp³-hybridized carbons (Fsp3) is 0.571. The van der Waals surface area contributed by atoms with E-state index in [0.29, 0.717) is 12.0 Å². The maximum absolute atomic E-state index is 4.25. The highest BCUT2D eigenvalue weighted by Gasteiger charge is 2.10. The molecular weight excluding hydrogens is 224 g/mol. The summed E-state index contributed by atoms with van der Waals surface area (Å²) >= 11 is 0. The number of aromatic nitrogens is 3. The highest BCUT2D eigenvalue weighted by atomic mass is 15.4. The van der Waals surface area contributed by atoms with Crippen molar-refractivity contribution in [1.29, 1.82) is 0 Å². The molecule has 0 saturated heterocycles. The number of nitrogens with one attached hydrogen (secondary N) is 1. The highest BCUT2D eigenvalue weighted by molar-refractivity contribution is 5.73. The summed E-state index contributed by atoms with van der Waals surface area (Å²) in [6.45, 7) is 8.74. The Kier molecular flexibility index (Phi) is 4.31. The summed E-state index contributed by atoms with van der Waals surface area (Å²) in [5.41, 5.74) is 2.09. The van der Waals surface area contributed by atoms with Crippen LogP contribution in [-0.4, -0.2) is 28.1 Å². The Bertz CT molecular complexity index is 489. The lowest BCUT2D eigenvalue weighted by Gasteiger charge is -2.13. The minimum Gasteiger partial charge on any atom is -0.316 e. The van der Waals surface area contributed by atoms with E-state index in [1.807, 2.05) is 22.9 Å². The molecule has 0 bridgehead atoms. The molecule has 0 aliphatic heterocycles. The SMILES string of the molecule is CC(C)CNCCC(C)n1nnc2ccccc21. The van der Waals surface area contributed by atoms with Gasteiger partial charge in [0.15, 0.2) is 0 Å². The molecule has 1 aromatic carbocycles. The third kappa shape index (κ3) is 3.07. The van der Waals surface area contributed by atoms with Crippen LogP contribution in [0.25, 0.3) is 11.0 Å². The second kappa shape index (κ2) is 5.96. The van der Waals surface area contributed by atoms with E-state index < -0.39 is 0 Å². The predicted molar refractivity (Wildman–Crippen MR) is 74.6 cm³/mol. The number of fused-ring (bicyclic) bond motifs is 1. The van der Waals surface area contributed by atoms with Crippen LogP contribution >= 0.6 is 0 Å². The first-order valence-electron chi connectivity index (χ1n) is 6.69. The topological polar surface area (TPSA) is 42.7 Å². The zero-order chi connectivity index (χ0) is 13.0. The van der Waals surface area contributed by atoms with E-state index in [2.05, 4.69) is 42.5 Å². The molecular formula is C14H22N4. The van der Waals surface area contributed by atoms with Gasteiger partial charge in [-0.15, -0.1) is 5.10 Å². The van der Waals surface area contributed by atoms with Crippen LogP contribution in [0.1, 0.15) is 33.2 Å². The molecule has 0 amide bonds. The summed E-state index contributed by atoms with van der Waals surface area (Å²) in [5, 5.41) is 11.9. The van der Waals surface area contributed by atoms with Crippen LogP contribution in [0.3, 0.4) is 0 Å². The van der Waals surface area contributed by atoms with Crippen LogP contribution in [0.2, 0.25) is 0 Å². The number of para-hydroxylation sites is 1. The first-order chi connectivity index (χ1) is 8.68. The molecule has 18 heavy (non-hydrogen) atoms. The molecule has 0 spiro atoms. The van der Waals surface area contributed by atoms with E-state index in [0.717, 1.165) is 30.5 Å². The fourth-order valence-electron chi connectivity index (χ4n) is 2.04. The summed E-state index contributed by atoms with van der Waals surface area (Å²) < 4.78 is 2.02. The van der Waals surface area contributed by atoms with Crippen molar-refractivity contribution in [3.05, 3.63) is 24.3 Å². The van der Waals surface area contributed by atoms with Crippen molar-refractivity contribution in [2.24, 2.45) is 5.92 Å². The zero-order valence-electron chi connectivity index (χ0n) is 11.4. The Balaban J connectivity index is 1.94. The average Bonchev–Trinajstić information content (AvgIpc) is 2.78. The Hall–Kier alpha value is -1.42. The lowest BCUT2D eigenvalue weighted by molar-refractivity contribution is 0.434. The molecule has 98 valence electrons. The molecule has 0 radical (unpaired) electrons. The summed E-state index contributed by atoms with van der Waals surface area (Å²) in [6.07, 6.45) is 1.07. The van der Waals surface area contributed by atoms with Crippen molar-refractivity contribution in [3.63, 3.8) is 0 Å². The lowest BCUT2D eigenvalue weighted by Crippen LogP contribution is -2.23. The first kappa shape index (κ1) is 13.0. The van der Waals surface area contributed by atoms with Gasteiger partial charge in [-0.05, 0) is 44.5 Å². The minimum absolute atomic E-state index is 0.372. The Morgan fingerprint density at radius 2 is 2.00 bits per heavy atom. The Morgan fingerprint density at radius 1 is 1.22 bits per heavy atom. The molecule has 0 aliphatic rings. The number of nitrogens with zero attached hydrogens (tertiary/aromatic N) is 3. The second-order valence-corrected chi connectivity index (χ2v) is 5.26. The van der Waals surface area contributed by atoms with Gasteiger partial charge >= 0.3 is 0 Å². The van der Waals surface area contributed by atoms with Crippen LogP contribution < -0.4 is 5.32 Å². The first-order valence-corrected chi connectivity index (χ1v) is 6.69. The largest absolute Gasteiger partial charge is 0.316 e. The number of benzene rings is 1. The third-order valence-corrected chi connectivity index (χ3v) is 3.09. The lowest BCUT2D eigenvalue weighted by atomic mass is 10.2. The number of hydrogen-bond acceptors (Lipinski definition) is 3. The fourth-order valence-corrected chi connectivity index (χ4v) is 2.04. The maximum atomic E-state index is 4.25. The van der Waals surface area contributed by atoms with Crippen molar-refractivity contribution in [2.75, 3.05) is 13.1 Å². The van der Waals surface area contributed by atoms with Gasteiger partial charge in [0.05, 0.1) is 11.6 Å². The van der Waals surface area contributed by atoms with Gasteiger partial charge in [-0.2, -0.15) is 0 Å². The van der Waals surface area contributed by atoms with E-state index in [1.165, 1.54) is 0 Å². The summed E-state index contributed by atoms with van der Waals surface area (Å²) in [4.78, 5) is 0. The molecule has 0 aliphatic carbocycles. The highest BCUT2D eigenvalue weighted by Crippen LogP contribution is 2.16. The molecule has 1 unspecified atom stereocenters. The van der Waals surface area contributed by atoms with Gasteiger partial charge < -0.3 is 5.32 Å². The van der Waals surface area contributed by atoms with Crippen molar-refractivity contribution in [3.8, 4) is 0 Å². The predicted octanol–water partition coefficient (Wildman–Crippen LogP) is 2.63. The summed E-state index contributed by atoms with van der Waals surface area (Å²) in [5.74, 6) is 0.701. The number of rotatable bonds is 6. The van der Waals surface area contributed by atoms with E-state index in [1.54, 1.807) is 0 Å². The Morgan fingerprint density at radius 3 is 2.78 bits per heavy atom. The van der Waals surface area contributed by atoms with Gasteiger partial charge in [0, 0.05) is 0 Å². The molecule has 2 rings (SSSR count). The minimum atomic E-state index is 0.372. The molecule has 1 heterocycles. The standard InChI is InChI=1S/C14H22N4/c1-11(2)10-15-9-8-12(3)18-14-7-5-4-6-13(14)16-17-18/h4-7,11-12,15H,8-10H2,1-3H3. The smallest absolute Gasteiger partial charge is 0.113 e. The maximum Gasteiger partial charge on any atom is 0.113 e. The summed E-state index contributed by atoms with van der Waals surface area (Å²) in [7, 11) is 0. The van der Waals surface area contributed by atoms with Crippen LogP contribution in [-0.2, 0) is 0 Å². The molecule has 0 saturated carbocycles. The second-order valence-electron chi connectivity index (χ2n) is 5.26. The van der Waals surface area contributed by atoms with Gasteiger partial charge in [-0.3, -0.25) is 0 Å². The van der Waals surface area contributed by atoms with Crippen molar-refractivity contribution >= 4 is 11.0 Å². The molecule has 2 aromatic rings. The van der Waals surface area contributed by atoms with Gasteiger partial charge in [-0.25, -0.2) is 4.68 Å². The van der Waals surface area contributed by atoms with Crippen molar-refractivity contribution in [2.45, 2.75) is 33.2 Å². The normalized spacial score (nSPS) is 13.3. The van der Waals surface area contributed by atoms with E-state index in [-0.39, 0.29) is 0 Å². The molecule has 0 fully saturated rings. The molecule has 4 nitrogen and oxygen atoms in total. The van der Waals surface area contributed by atoms with Gasteiger partial charge in [0.25, 0.3) is 0 Å². The van der Waals surface area contributed by atoms with Gasteiger partial charge in [0.1, 0.15) is 5.52 Å². The molecule has 1 atom stereocenters. The van der Waals surface area contributed by atoms with Crippen LogP contribution in [0.4, 0.5) is 0 Å². The molecule has 1 aromatic heterocycles. The van der Waals surface area contributed by atoms with Gasteiger partial charge in [0.2, 0.25) is 0 Å². The molecule has 4 heteroatoms. The molecule has 1 N–H and O–H groups in total. The monoisotopic (exact) mass is 246 g/mol. The average molecular weight is 246 g/mol. The summed E-state index contributed by atoms with van der Waals surface area (Å²) in [6, 6.07) is 8.48. The number of hydrogen-bond donors (Lipinski definition) is 1. The van der Waals surface area contributed by atoms with E-state index in [9.17, 15) is 0 Å². The third-order valence-electron chi connectivity index (χ3n) is 3.09. The Labute approximate surface area is 108 Å². The van der Waals surface area contributed by atoms with Crippen molar-refractivity contribution < 1.29 is 0 Å². The zero-order valence-corrected chi connectivity index (χ0v) is 11.4. The van der Waals surface area contributed by atoms with Gasteiger partial charge in [-0.1, -0.05) is 31.2 Å². The van der Waals surface area contributed by atoms with E-state index >= 15 is 0 Å². The quantitative estimate of drug-likeness (QED) is 0.797. The van der Waals surface area contributed by atoms with Crippen LogP contribution in [0, 0.1) is 5.92 Å².